The van der Waals surface area contributed by atoms with Gasteiger partial charge in [0, 0.05) is 23.7 Å². The molecule has 3 heteroatoms. The van der Waals surface area contributed by atoms with Crippen LogP contribution in [0, 0.1) is 0 Å². The van der Waals surface area contributed by atoms with Crippen LogP contribution in [0.1, 0.15) is 11.3 Å². The van der Waals surface area contributed by atoms with E-state index in [1.165, 1.54) is 6.20 Å². The van der Waals surface area contributed by atoms with Crippen LogP contribution in [0.2, 0.25) is 0 Å². The lowest BCUT2D eigenvalue weighted by Crippen LogP contribution is -1.93. The number of aromatic hydroxyl groups is 1. The Morgan fingerprint density at radius 3 is 2.78 bits per heavy atom. The quantitative estimate of drug-likeness (QED) is 0.744. The Morgan fingerprint density at radius 1 is 1.00 bits per heavy atom. The molecule has 0 aliphatic rings. The minimum Gasteiger partial charge on any atom is -0.506 e. The first-order chi connectivity index (χ1) is 8.81. The van der Waals surface area contributed by atoms with Crippen LogP contribution in [0.15, 0.2) is 54.9 Å². The van der Waals surface area contributed by atoms with Crippen LogP contribution in [-0.4, -0.2) is 15.1 Å². The van der Waals surface area contributed by atoms with Gasteiger partial charge in [-0.2, -0.15) is 0 Å². The molecule has 0 aliphatic heterocycles. The highest BCUT2D eigenvalue weighted by Gasteiger charge is 2.01. The summed E-state index contributed by atoms with van der Waals surface area (Å²) >= 11 is 0. The van der Waals surface area contributed by atoms with Gasteiger partial charge >= 0.3 is 0 Å². The SMILES string of the molecule is Oc1cncc(Cc2ccc3ccccc3n2)c1. The number of hydrogen-bond acceptors (Lipinski definition) is 3. The van der Waals surface area contributed by atoms with Gasteiger partial charge in [-0.05, 0) is 23.8 Å². The van der Waals surface area contributed by atoms with Crippen LogP contribution in [0.25, 0.3) is 10.9 Å². The molecule has 0 radical (unpaired) electrons. The molecular formula is C15H12N2O. The molecule has 3 nitrogen and oxygen atoms in total. The molecule has 2 aromatic heterocycles. The highest BCUT2D eigenvalue weighted by atomic mass is 16.3. The number of aromatic nitrogens is 2. The lowest BCUT2D eigenvalue weighted by Gasteiger charge is -2.03. The van der Waals surface area contributed by atoms with Gasteiger partial charge in [0.2, 0.25) is 0 Å². The first kappa shape index (κ1) is 10.7. The van der Waals surface area contributed by atoms with E-state index in [1.54, 1.807) is 12.3 Å². The van der Waals surface area contributed by atoms with E-state index in [4.69, 9.17) is 0 Å². The first-order valence-electron chi connectivity index (χ1n) is 5.79. The Hall–Kier alpha value is -2.42. The van der Waals surface area contributed by atoms with Crippen molar-refractivity contribution in [1.29, 1.82) is 0 Å². The van der Waals surface area contributed by atoms with Crippen molar-refractivity contribution in [3.8, 4) is 5.75 Å². The number of pyridine rings is 2. The maximum absolute atomic E-state index is 9.38. The summed E-state index contributed by atoms with van der Waals surface area (Å²) in [5, 5.41) is 10.5. The molecule has 0 saturated heterocycles. The van der Waals surface area contributed by atoms with Crippen LogP contribution < -0.4 is 0 Å². The van der Waals surface area contributed by atoms with Gasteiger partial charge in [0.1, 0.15) is 5.75 Å². The molecule has 2 heterocycles. The fourth-order valence-corrected chi connectivity index (χ4v) is 1.99. The van der Waals surface area contributed by atoms with E-state index in [-0.39, 0.29) is 5.75 Å². The van der Waals surface area contributed by atoms with Crippen LogP contribution in [0.4, 0.5) is 0 Å². The smallest absolute Gasteiger partial charge is 0.134 e. The zero-order valence-electron chi connectivity index (χ0n) is 9.74. The molecule has 0 fully saturated rings. The number of nitrogens with zero attached hydrogens (tertiary/aromatic N) is 2. The van der Waals surface area contributed by atoms with Crippen molar-refractivity contribution in [1.82, 2.24) is 9.97 Å². The van der Waals surface area contributed by atoms with E-state index in [0.717, 1.165) is 22.2 Å². The second kappa shape index (κ2) is 4.45. The molecule has 18 heavy (non-hydrogen) atoms. The third-order valence-electron chi connectivity index (χ3n) is 2.82. The van der Waals surface area contributed by atoms with Gasteiger partial charge < -0.3 is 5.11 Å². The molecule has 3 rings (SSSR count). The minimum absolute atomic E-state index is 0.188. The molecule has 3 aromatic rings. The molecule has 0 bridgehead atoms. The second-order valence-electron chi connectivity index (χ2n) is 4.22. The average molecular weight is 236 g/mol. The average Bonchev–Trinajstić information content (AvgIpc) is 2.39. The Balaban J connectivity index is 1.95. The van der Waals surface area contributed by atoms with E-state index in [1.807, 2.05) is 30.3 Å². The Labute approximate surface area is 105 Å². The zero-order chi connectivity index (χ0) is 12.4. The summed E-state index contributed by atoms with van der Waals surface area (Å²) in [7, 11) is 0. The van der Waals surface area contributed by atoms with Crippen LogP contribution >= 0.6 is 0 Å². The van der Waals surface area contributed by atoms with Crippen molar-refractivity contribution in [2.24, 2.45) is 0 Å². The van der Waals surface area contributed by atoms with E-state index in [2.05, 4.69) is 16.0 Å². The summed E-state index contributed by atoms with van der Waals surface area (Å²) in [5.74, 6) is 0.188. The van der Waals surface area contributed by atoms with Crippen LogP contribution in [0.5, 0.6) is 5.75 Å². The van der Waals surface area contributed by atoms with Gasteiger partial charge in [-0.1, -0.05) is 24.3 Å². The lowest BCUT2D eigenvalue weighted by atomic mass is 10.1. The number of hydrogen-bond donors (Lipinski definition) is 1. The molecule has 0 atom stereocenters. The van der Waals surface area contributed by atoms with Crippen molar-refractivity contribution < 1.29 is 5.11 Å². The maximum Gasteiger partial charge on any atom is 0.134 e. The van der Waals surface area contributed by atoms with Crippen molar-refractivity contribution >= 4 is 10.9 Å². The third-order valence-corrected chi connectivity index (χ3v) is 2.82. The molecule has 1 N–H and O–H groups in total. The minimum atomic E-state index is 0.188. The predicted molar refractivity (Wildman–Crippen MR) is 70.5 cm³/mol. The second-order valence-corrected chi connectivity index (χ2v) is 4.22. The fraction of sp³-hybridized carbons (Fsp3) is 0.0667. The normalized spacial score (nSPS) is 10.7. The topological polar surface area (TPSA) is 46.0 Å². The summed E-state index contributed by atoms with van der Waals surface area (Å²) < 4.78 is 0. The van der Waals surface area contributed by atoms with Crippen molar-refractivity contribution in [2.45, 2.75) is 6.42 Å². The molecule has 0 spiro atoms. The molecule has 0 aliphatic carbocycles. The monoisotopic (exact) mass is 236 g/mol. The van der Waals surface area contributed by atoms with Crippen molar-refractivity contribution in [2.75, 3.05) is 0 Å². The largest absolute Gasteiger partial charge is 0.506 e. The zero-order valence-corrected chi connectivity index (χ0v) is 9.74. The van der Waals surface area contributed by atoms with Gasteiger partial charge in [0.25, 0.3) is 0 Å². The van der Waals surface area contributed by atoms with Crippen LogP contribution in [0.3, 0.4) is 0 Å². The van der Waals surface area contributed by atoms with E-state index in [9.17, 15) is 5.11 Å². The summed E-state index contributed by atoms with van der Waals surface area (Å²) in [6.07, 6.45) is 3.85. The number of rotatable bonds is 2. The summed E-state index contributed by atoms with van der Waals surface area (Å²) in [6.45, 7) is 0. The number of fused-ring (bicyclic) bond motifs is 1. The summed E-state index contributed by atoms with van der Waals surface area (Å²) in [6, 6.07) is 13.8. The Bertz CT molecular complexity index is 695. The summed E-state index contributed by atoms with van der Waals surface area (Å²) in [4.78, 5) is 8.56. The summed E-state index contributed by atoms with van der Waals surface area (Å²) in [5.41, 5.74) is 2.92. The maximum atomic E-state index is 9.38. The molecule has 1 aromatic carbocycles. The van der Waals surface area contributed by atoms with Crippen LogP contribution in [-0.2, 0) is 6.42 Å². The molecule has 0 amide bonds. The fourth-order valence-electron chi connectivity index (χ4n) is 1.99. The molecule has 0 unspecified atom stereocenters. The molecule has 0 saturated carbocycles. The first-order valence-corrected chi connectivity index (χ1v) is 5.79. The van der Waals surface area contributed by atoms with Crippen molar-refractivity contribution in [3.05, 3.63) is 66.1 Å². The van der Waals surface area contributed by atoms with Gasteiger partial charge in [0.15, 0.2) is 0 Å². The number of benzene rings is 1. The molecular weight excluding hydrogens is 224 g/mol. The van der Waals surface area contributed by atoms with Crippen molar-refractivity contribution in [3.63, 3.8) is 0 Å². The van der Waals surface area contributed by atoms with E-state index < -0.39 is 0 Å². The number of para-hydroxylation sites is 1. The molecule has 88 valence electrons. The third kappa shape index (κ3) is 2.15. The Morgan fingerprint density at radius 2 is 1.89 bits per heavy atom. The van der Waals surface area contributed by atoms with Gasteiger partial charge in [-0.15, -0.1) is 0 Å². The predicted octanol–water partition coefficient (Wildman–Crippen LogP) is 2.93. The van der Waals surface area contributed by atoms with Gasteiger partial charge in [-0.3, -0.25) is 9.97 Å². The van der Waals surface area contributed by atoms with Gasteiger partial charge in [-0.25, -0.2) is 0 Å². The Kier molecular flexibility index (Phi) is 2.65. The standard InChI is InChI=1S/C15H12N2O/c18-14-8-11(9-16-10-14)7-13-6-5-12-3-1-2-4-15(12)17-13/h1-6,8-10,18H,7H2. The lowest BCUT2D eigenvalue weighted by molar-refractivity contribution is 0.472. The van der Waals surface area contributed by atoms with E-state index in [0.29, 0.717) is 6.42 Å². The van der Waals surface area contributed by atoms with Gasteiger partial charge in [0.05, 0.1) is 11.7 Å². The highest BCUT2D eigenvalue weighted by molar-refractivity contribution is 5.78. The van der Waals surface area contributed by atoms with E-state index >= 15 is 0 Å². The highest BCUT2D eigenvalue weighted by Crippen LogP contribution is 2.16.